The number of ether oxygens (including phenoxy) is 1. The topological polar surface area (TPSA) is 105 Å². The Labute approximate surface area is 197 Å². The summed E-state index contributed by atoms with van der Waals surface area (Å²) in [5.41, 5.74) is 1.63. The number of hydrogen-bond donors (Lipinski definition) is 0. The van der Waals surface area contributed by atoms with Crippen molar-refractivity contribution in [3.63, 3.8) is 0 Å². The number of amides is 2. The number of hydrazone groups is 1. The second kappa shape index (κ2) is 11.0. The Bertz CT molecular complexity index is 1090. The molecule has 2 aromatic carbocycles. The number of benzene rings is 2. The predicted molar refractivity (Wildman–Crippen MR) is 124 cm³/mol. The van der Waals surface area contributed by atoms with Crippen LogP contribution >= 0.6 is 0 Å². The third kappa shape index (κ3) is 5.82. The Morgan fingerprint density at radius 3 is 2.59 bits per heavy atom. The van der Waals surface area contributed by atoms with Crippen LogP contribution in [0.25, 0.3) is 0 Å². The lowest BCUT2D eigenvalue weighted by atomic mass is 9.98. The van der Waals surface area contributed by atoms with Crippen LogP contribution in [0.1, 0.15) is 37.4 Å². The highest BCUT2D eigenvalue weighted by molar-refractivity contribution is 6.03. The molecule has 1 atom stereocenters. The maximum atomic E-state index is 13.4. The van der Waals surface area contributed by atoms with Gasteiger partial charge in [-0.05, 0) is 23.3 Å². The van der Waals surface area contributed by atoms with E-state index in [-0.39, 0.29) is 43.6 Å². The molecule has 0 aliphatic carbocycles. The van der Waals surface area contributed by atoms with E-state index in [4.69, 9.17) is 4.74 Å². The quantitative estimate of drug-likeness (QED) is 0.412. The Hall–Kier alpha value is -3.66. The first-order valence-corrected chi connectivity index (χ1v) is 10.9. The van der Waals surface area contributed by atoms with Crippen molar-refractivity contribution in [2.75, 3.05) is 26.8 Å². The minimum Gasteiger partial charge on any atom is -0.383 e. The third-order valence-corrected chi connectivity index (χ3v) is 5.51. The number of hydrogen-bond acceptors (Lipinski definition) is 6. The lowest BCUT2D eigenvalue weighted by molar-refractivity contribution is -0.385. The molecule has 34 heavy (non-hydrogen) atoms. The van der Waals surface area contributed by atoms with Gasteiger partial charge in [-0.3, -0.25) is 19.7 Å². The van der Waals surface area contributed by atoms with E-state index in [0.29, 0.717) is 16.8 Å². The number of methoxy groups -OCH3 is 1. The number of carbonyl (C=O) groups is 2. The molecular formula is C24H27FN4O5. The lowest BCUT2D eigenvalue weighted by Crippen LogP contribution is -2.44. The van der Waals surface area contributed by atoms with Gasteiger partial charge in [-0.2, -0.15) is 5.10 Å². The molecule has 1 heterocycles. The fourth-order valence-electron chi connectivity index (χ4n) is 3.73. The van der Waals surface area contributed by atoms with Gasteiger partial charge in [-0.1, -0.05) is 38.1 Å². The summed E-state index contributed by atoms with van der Waals surface area (Å²) in [5, 5.41) is 17.1. The molecule has 0 bridgehead atoms. The van der Waals surface area contributed by atoms with Crippen LogP contribution in [-0.2, 0) is 14.3 Å². The van der Waals surface area contributed by atoms with Crippen molar-refractivity contribution in [3.05, 3.63) is 75.6 Å². The molecule has 0 aromatic heterocycles. The van der Waals surface area contributed by atoms with Gasteiger partial charge >= 0.3 is 0 Å². The first-order valence-electron chi connectivity index (χ1n) is 10.9. The highest BCUT2D eigenvalue weighted by Crippen LogP contribution is 2.34. The van der Waals surface area contributed by atoms with Crippen molar-refractivity contribution in [3.8, 4) is 0 Å². The molecule has 1 aliphatic heterocycles. The molecular weight excluding hydrogens is 443 g/mol. The minimum atomic E-state index is -0.606. The van der Waals surface area contributed by atoms with Gasteiger partial charge in [-0.15, -0.1) is 0 Å². The zero-order valence-electron chi connectivity index (χ0n) is 19.3. The molecule has 0 spiro atoms. The Morgan fingerprint density at radius 1 is 1.26 bits per heavy atom. The molecule has 10 heteroatoms. The SMILES string of the molecule is COCCN(CC(=O)N1N=C(c2ccc(F)cc2)C[C@H]1c1cccc([N+](=O)[O-])c1)C(=O)C(C)C. The summed E-state index contributed by atoms with van der Waals surface area (Å²) in [7, 11) is 1.51. The summed E-state index contributed by atoms with van der Waals surface area (Å²) in [6.45, 7) is 3.79. The van der Waals surface area contributed by atoms with Crippen molar-refractivity contribution < 1.29 is 23.6 Å². The van der Waals surface area contributed by atoms with Gasteiger partial charge in [-0.25, -0.2) is 9.40 Å². The number of nitro benzene ring substituents is 1. The molecule has 0 radical (unpaired) electrons. The number of non-ortho nitro benzene ring substituents is 1. The number of nitro groups is 1. The van der Waals surface area contributed by atoms with Crippen LogP contribution < -0.4 is 0 Å². The molecule has 0 N–H and O–H groups in total. The van der Waals surface area contributed by atoms with Crippen LogP contribution in [0.4, 0.5) is 10.1 Å². The molecule has 1 aliphatic rings. The molecule has 0 fully saturated rings. The second-order valence-electron chi connectivity index (χ2n) is 8.27. The number of rotatable bonds is 9. The highest BCUT2D eigenvalue weighted by Gasteiger charge is 2.35. The normalized spacial score (nSPS) is 15.4. The van der Waals surface area contributed by atoms with Crippen molar-refractivity contribution in [1.29, 1.82) is 0 Å². The monoisotopic (exact) mass is 470 g/mol. The summed E-state index contributed by atoms with van der Waals surface area (Å²) in [6, 6.07) is 11.2. The van der Waals surface area contributed by atoms with Gasteiger partial charge < -0.3 is 9.64 Å². The maximum absolute atomic E-state index is 13.4. The zero-order valence-corrected chi connectivity index (χ0v) is 19.3. The summed E-state index contributed by atoms with van der Waals surface area (Å²) in [5.74, 6) is -1.33. The first kappa shape index (κ1) is 25.0. The van der Waals surface area contributed by atoms with Gasteiger partial charge in [0.1, 0.15) is 12.4 Å². The summed E-state index contributed by atoms with van der Waals surface area (Å²) in [4.78, 5) is 38.2. The Balaban J connectivity index is 1.94. The van der Waals surface area contributed by atoms with E-state index in [1.165, 1.54) is 41.3 Å². The van der Waals surface area contributed by atoms with Crippen LogP contribution in [0.15, 0.2) is 53.6 Å². The van der Waals surface area contributed by atoms with E-state index in [1.807, 2.05) is 0 Å². The van der Waals surface area contributed by atoms with E-state index in [2.05, 4.69) is 5.10 Å². The fraction of sp³-hybridized carbons (Fsp3) is 0.375. The Morgan fingerprint density at radius 2 is 1.97 bits per heavy atom. The standard InChI is InChI=1S/C24H27FN4O5/c1-16(2)24(31)27(11-12-34-3)15-23(30)28-22(18-5-4-6-20(13-18)29(32)33)14-21(26-28)17-7-9-19(25)10-8-17/h4-10,13,16,22H,11-12,14-15H2,1-3H3/t22-/m0/s1. The zero-order chi connectivity index (χ0) is 24.8. The van der Waals surface area contributed by atoms with Crippen molar-refractivity contribution >= 4 is 23.2 Å². The average molecular weight is 471 g/mol. The van der Waals surface area contributed by atoms with Gasteiger partial charge in [0.05, 0.1) is 23.3 Å². The molecule has 0 saturated carbocycles. The molecule has 0 unspecified atom stereocenters. The van der Waals surface area contributed by atoms with Gasteiger partial charge in [0.2, 0.25) is 5.91 Å². The lowest BCUT2D eigenvalue weighted by Gasteiger charge is -2.27. The third-order valence-electron chi connectivity index (χ3n) is 5.51. The van der Waals surface area contributed by atoms with Crippen LogP contribution in [0.3, 0.4) is 0 Å². The van der Waals surface area contributed by atoms with E-state index < -0.39 is 22.7 Å². The van der Waals surface area contributed by atoms with Crippen molar-refractivity contribution in [2.45, 2.75) is 26.3 Å². The van der Waals surface area contributed by atoms with Gasteiger partial charge in [0.25, 0.3) is 11.6 Å². The van der Waals surface area contributed by atoms with Gasteiger partial charge in [0.15, 0.2) is 0 Å². The maximum Gasteiger partial charge on any atom is 0.269 e. The Kier molecular flexibility index (Phi) is 8.06. The predicted octanol–water partition coefficient (Wildman–Crippen LogP) is 3.54. The minimum absolute atomic E-state index is 0.100. The summed E-state index contributed by atoms with van der Waals surface area (Å²) >= 11 is 0. The van der Waals surface area contributed by atoms with Crippen LogP contribution in [0, 0.1) is 21.8 Å². The number of carbonyl (C=O) groups excluding carboxylic acids is 2. The molecule has 9 nitrogen and oxygen atoms in total. The van der Waals surface area contributed by atoms with Crippen molar-refractivity contribution in [1.82, 2.24) is 9.91 Å². The first-order chi connectivity index (χ1) is 16.2. The van der Waals surface area contributed by atoms with Crippen LogP contribution in [0.5, 0.6) is 0 Å². The molecule has 0 saturated heterocycles. The van der Waals surface area contributed by atoms with E-state index in [0.717, 1.165) is 0 Å². The smallest absolute Gasteiger partial charge is 0.269 e. The molecule has 2 aromatic rings. The number of halogens is 1. The molecule has 180 valence electrons. The summed E-state index contributed by atoms with van der Waals surface area (Å²) in [6.07, 6.45) is 0.286. The average Bonchev–Trinajstić information content (AvgIpc) is 3.27. The number of nitrogens with zero attached hydrogens (tertiary/aromatic N) is 4. The van der Waals surface area contributed by atoms with Crippen LogP contribution in [0.2, 0.25) is 0 Å². The van der Waals surface area contributed by atoms with E-state index in [9.17, 15) is 24.1 Å². The highest BCUT2D eigenvalue weighted by atomic mass is 19.1. The fourth-order valence-corrected chi connectivity index (χ4v) is 3.73. The van der Waals surface area contributed by atoms with Crippen molar-refractivity contribution in [2.24, 2.45) is 11.0 Å². The second-order valence-corrected chi connectivity index (χ2v) is 8.27. The van der Waals surface area contributed by atoms with Crippen LogP contribution in [-0.4, -0.2) is 59.2 Å². The largest absolute Gasteiger partial charge is 0.383 e. The molecule has 3 rings (SSSR count). The van der Waals surface area contributed by atoms with E-state index >= 15 is 0 Å². The molecule has 2 amide bonds. The van der Waals surface area contributed by atoms with Gasteiger partial charge in [0, 0.05) is 38.1 Å². The summed E-state index contributed by atoms with van der Waals surface area (Å²) < 4.78 is 18.5. The van der Waals surface area contributed by atoms with E-state index in [1.54, 1.807) is 38.1 Å².